The highest BCUT2D eigenvalue weighted by Gasteiger charge is 2.44. The van der Waals surface area contributed by atoms with Crippen molar-refractivity contribution in [1.82, 2.24) is 20.3 Å². The molecule has 1 saturated carbocycles. The molecule has 3 heterocycles. The highest BCUT2D eigenvalue weighted by Crippen LogP contribution is 2.32. The number of nitrogens with one attached hydrogen (secondary N) is 1. The van der Waals surface area contributed by atoms with Crippen molar-refractivity contribution in [2.24, 2.45) is 29.0 Å². The van der Waals surface area contributed by atoms with Gasteiger partial charge in [0.2, 0.25) is 0 Å². The van der Waals surface area contributed by atoms with E-state index in [1.807, 2.05) is 55.0 Å². The summed E-state index contributed by atoms with van der Waals surface area (Å²) < 4.78 is 1.76. The maximum atomic E-state index is 12.8. The Kier molecular flexibility index (Phi) is 5.33. The summed E-state index contributed by atoms with van der Waals surface area (Å²) in [5.74, 6) is 6.51. The van der Waals surface area contributed by atoms with Gasteiger partial charge in [-0.1, -0.05) is 48.2 Å². The minimum absolute atomic E-state index is 0.131. The summed E-state index contributed by atoms with van der Waals surface area (Å²) in [4.78, 5) is 17.4. The molecule has 0 saturated heterocycles. The summed E-state index contributed by atoms with van der Waals surface area (Å²) in [6.07, 6.45) is 8.10. The first-order valence-electron chi connectivity index (χ1n) is 10.7. The second kappa shape index (κ2) is 8.44. The van der Waals surface area contributed by atoms with E-state index >= 15 is 0 Å². The number of hydrazone groups is 1. The SMILES string of the molecule is Cn1nccc1C1=NC=CC2C1=NN(C(Cc1ccccc1)C(=O)NO)C2C#CC1CC1. The smallest absolute Gasteiger partial charge is 0.268 e. The molecule has 5 rings (SSSR count). The normalized spacial score (nSPS) is 22.4. The standard InChI is InChI=1S/C24H24N6O2/c1-29-20(12-14-26-29)23-22-18(11-13-25-23)19(10-9-16-7-8-16)30(27-22)21(24(31)28-32)15-17-5-3-2-4-6-17/h2-6,11-14,16,18-19,21,32H,7-8,15H2,1H3,(H,28,31). The maximum absolute atomic E-state index is 12.8. The van der Waals surface area contributed by atoms with Crippen molar-refractivity contribution in [2.75, 3.05) is 0 Å². The van der Waals surface area contributed by atoms with Gasteiger partial charge in [0.25, 0.3) is 5.91 Å². The van der Waals surface area contributed by atoms with Crippen LogP contribution in [0, 0.1) is 23.7 Å². The lowest BCUT2D eigenvalue weighted by molar-refractivity contribution is -0.135. The first-order chi connectivity index (χ1) is 15.7. The van der Waals surface area contributed by atoms with Crippen LogP contribution in [0.3, 0.4) is 0 Å². The van der Waals surface area contributed by atoms with Crippen molar-refractivity contribution < 1.29 is 10.0 Å². The van der Waals surface area contributed by atoms with E-state index in [0.29, 0.717) is 12.3 Å². The Labute approximate surface area is 186 Å². The van der Waals surface area contributed by atoms with Gasteiger partial charge in [-0.15, -0.1) is 0 Å². The second-order valence-corrected chi connectivity index (χ2v) is 8.24. The van der Waals surface area contributed by atoms with Gasteiger partial charge in [0.05, 0.1) is 17.3 Å². The Bertz CT molecular complexity index is 1170. The molecule has 2 N–H and O–H groups in total. The number of aryl methyl sites for hydroxylation is 1. The van der Waals surface area contributed by atoms with Gasteiger partial charge >= 0.3 is 0 Å². The Balaban J connectivity index is 1.55. The molecule has 3 atom stereocenters. The topological polar surface area (TPSA) is 95.1 Å². The molecular formula is C24H24N6O2. The van der Waals surface area contributed by atoms with Gasteiger partial charge in [-0.25, -0.2) is 5.48 Å². The van der Waals surface area contributed by atoms with Crippen LogP contribution in [-0.2, 0) is 18.3 Å². The number of hydroxylamine groups is 1. The van der Waals surface area contributed by atoms with Crippen LogP contribution in [-0.4, -0.2) is 49.4 Å². The summed E-state index contributed by atoms with van der Waals surface area (Å²) in [6.45, 7) is 0. The van der Waals surface area contributed by atoms with E-state index in [1.165, 1.54) is 0 Å². The number of nitrogens with zero attached hydrogens (tertiary/aromatic N) is 5. The van der Waals surface area contributed by atoms with Crippen molar-refractivity contribution in [1.29, 1.82) is 0 Å². The molecule has 2 aromatic rings. The van der Waals surface area contributed by atoms with E-state index in [0.717, 1.165) is 35.5 Å². The summed E-state index contributed by atoms with van der Waals surface area (Å²) in [6, 6.07) is 10.6. The maximum Gasteiger partial charge on any atom is 0.268 e. The van der Waals surface area contributed by atoms with Gasteiger partial charge in [0.15, 0.2) is 0 Å². The number of amides is 1. The van der Waals surface area contributed by atoms with Crippen molar-refractivity contribution in [2.45, 2.75) is 31.3 Å². The fourth-order valence-corrected chi connectivity index (χ4v) is 4.12. The van der Waals surface area contributed by atoms with Crippen LogP contribution in [0.4, 0.5) is 0 Å². The van der Waals surface area contributed by atoms with E-state index in [1.54, 1.807) is 22.1 Å². The highest BCUT2D eigenvalue weighted by molar-refractivity contribution is 6.50. The number of hydrogen-bond donors (Lipinski definition) is 2. The number of carbonyl (C=O) groups excluding carboxylic acids is 1. The third-order valence-corrected chi connectivity index (χ3v) is 5.98. The molecule has 0 bridgehead atoms. The lowest BCUT2D eigenvalue weighted by atomic mass is 9.89. The molecule has 1 aromatic carbocycles. The zero-order chi connectivity index (χ0) is 22.1. The molecule has 32 heavy (non-hydrogen) atoms. The average Bonchev–Trinajstić information content (AvgIpc) is 3.44. The monoisotopic (exact) mass is 428 g/mol. The van der Waals surface area contributed by atoms with Crippen LogP contribution in [0.1, 0.15) is 24.1 Å². The van der Waals surface area contributed by atoms with E-state index in [4.69, 9.17) is 5.10 Å². The molecule has 3 aliphatic rings. The quantitative estimate of drug-likeness (QED) is 0.432. The molecule has 8 nitrogen and oxygen atoms in total. The van der Waals surface area contributed by atoms with Gasteiger partial charge in [-0.2, -0.15) is 10.2 Å². The van der Waals surface area contributed by atoms with Gasteiger partial charge in [0, 0.05) is 31.8 Å². The molecule has 1 aromatic heterocycles. The van der Waals surface area contributed by atoms with Gasteiger partial charge in [-0.05, 0) is 24.5 Å². The highest BCUT2D eigenvalue weighted by atomic mass is 16.5. The number of carbonyl (C=O) groups is 1. The van der Waals surface area contributed by atoms with Crippen LogP contribution in [0.25, 0.3) is 0 Å². The van der Waals surface area contributed by atoms with E-state index < -0.39 is 11.9 Å². The van der Waals surface area contributed by atoms with E-state index in [-0.39, 0.29) is 12.0 Å². The first kappa shape index (κ1) is 20.2. The Morgan fingerprint density at radius 1 is 1.25 bits per heavy atom. The number of aliphatic imine (C=N–C) groups is 1. The molecule has 162 valence electrons. The van der Waals surface area contributed by atoms with Crippen LogP contribution in [0.15, 0.2) is 65.0 Å². The zero-order valence-electron chi connectivity index (χ0n) is 17.7. The van der Waals surface area contributed by atoms with E-state index in [9.17, 15) is 10.0 Å². The van der Waals surface area contributed by atoms with Crippen LogP contribution >= 0.6 is 0 Å². The van der Waals surface area contributed by atoms with Crippen LogP contribution < -0.4 is 5.48 Å². The van der Waals surface area contributed by atoms with Crippen LogP contribution in [0.2, 0.25) is 0 Å². The van der Waals surface area contributed by atoms with E-state index in [2.05, 4.69) is 21.9 Å². The molecule has 0 radical (unpaired) electrons. The molecule has 1 fully saturated rings. The molecule has 2 aliphatic heterocycles. The molecule has 0 spiro atoms. The molecule has 8 heteroatoms. The predicted molar refractivity (Wildman–Crippen MR) is 120 cm³/mol. The zero-order valence-corrected chi connectivity index (χ0v) is 17.7. The fourth-order valence-electron chi connectivity index (χ4n) is 4.12. The predicted octanol–water partition coefficient (Wildman–Crippen LogP) is 1.92. The Morgan fingerprint density at radius 3 is 2.75 bits per heavy atom. The third-order valence-electron chi connectivity index (χ3n) is 5.98. The molecular weight excluding hydrogens is 404 g/mol. The third kappa shape index (κ3) is 3.83. The van der Waals surface area contributed by atoms with Crippen molar-refractivity contribution >= 4 is 17.3 Å². The van der Waals surface area contributed by atoms with Gasteiger partial charge < -0.3 is 0 Å². The van der Waals surface area contributed by atoms with Crippen molar-refractivity contribution in [3.8, 4) is 11.8 Å². The number of hydrogen-bond acceptors (Lipinski definition) is 6. The second-order valence-electron chi connectivity index (χ2n) is 8.24. The largest absolute Gasteiger partial charge is 0.289 e. The molecule has 3 unspecified atom stereocenters. The van der Waals surface area contributed by atoms with Crippen LogP contribution in [0.5, 0.6) is 0 Å². The fraction of sp³-hybridized carbons (Fsp3) is 0.333. The minimum atomic E-state index is -0.722. The minimum Gasteiger partial charge on any atom is -0.289 e. The summed E-state index contributed by atoms with van der Waals surface area (Å²) in [7, 11) is 1.86. The summed E-state index contributed by atoms with van der Waals surface area (Å²) in [5.41, 5.74) is 5.13. The molecule has 1 aliphatic carbocycles. The molecule has 1 amide bonds. The Morgan fingerprint density at radius 2 is 2.06 bits per heavy atom. The van der Waals surface area contributed by atoms with Gasteiger partial charge in [-0.3, -0.25) is 24.7 Å². The summed E-state index contributed by atoms with van der Waals surface area (Å²) in [5, 5.41) is 20.4. The van der Waals surface area contributed by atoms with Crippen molar-refractivity contribution in [3.63, 3.8) is 0 Å². The number of benzene rings is 1. The average molecular weight is 428 g/mol. The summed E-state index contributed by atoms with van der Waals surface area (Å²) >= 11 is 0. The number of fused-ring (bicyclic) bond motifs is 1. The van der Waals surface area contributed by atoms with Crippen molar-refractivity contribution in [3.05, 3.63) is 66.1 Å². The first-order valence-corrected chi connectivity index (χ1v) is 10.7. The number of aromatic nitrogens is 2. The number of rotatable bonds is 5. The lowest BCUT2D eigenvalue weighted by Gasteiger charge is -2.29. The van der Waals surface area contributed by atoms with Gasteiger partial charge in [0.1, 0.15) is 17.8 Å². The Hall–Kier alpha value is -3.70. The lowest BCUT2D eigenvalue weighted by Crippen LogP contribution is -2.48.